The van der Waals surface area contributed by atoms with E-state index in [-0.39, 0.29) is 11.7 Å². The summed E-state index contributed by atoms with van der Waals surface area (Å²) in [5.41, 5.74) is 3.50. The maximum atomic E-state index is 14.6. The van der Waals surface area contributed by atoms with Gasteiger partial charge in [-0.3, -0.25) is 4.79 Å². The number of anilines is 1. The zero-order valence-corrected chi connectivity index (χ0v) is 13.8. The first-order valence-corrected chi connectivity index (χ1v) is 8.52. The van der Waals surface area contributed by atoms with Crippen LogP contribution in [0.25, 0.3) is 10.4 Å². The minimum atomic E-state index is -0.579. The van der Waals surface area contributed by atoms with Crippen molar-refractivity contribution in [3.8, 4) is 10.4 Å². The molecule has 0 fully saturated rings. The van der Waals surface area contributed by atoms with E-state index in [0.717, 1.165) is 21.7 Å². The fourth-order valence-corrected chi connectivity index (χ4v) is 3.72. The van der Waals surface area contributed by atoms with Gasteiger partial charge in [0.15, 0.2) is 0 Å². The fraction of sp³-hybridized carbons (Fsp3) is 0.105. The smallest absolute Gasteiger partial charge is 0.255 e. The molecule has 1 aromatic heterocycles. The molecule has 120 valence electrons. The van der Waals surface area contributed by atoms with Crippen molar-refractivity contribution in [1.29, 1.82) is 0 Å². The van der Waals surface area contributed by atoms with E-state index in [4.69, 9.17) is 0 Å². The van der Waals surface area contributed by atoms with Gasteiger partial charge in [-0.1, -0.05) is 30.3 Å². The van der Waals surface area contributed by atoms with Crippen LogP contribution >= 0.6 is 11.3 Å². The van der Waals surface area contributed by atoms with Crippen molar-refractivity contribution in [3.63, 3.8) is 0 Å². The van der Waals surface area contributed by atoms with E-state index in [2.05, 4.69) is 10.6 Å². The highest BCUT2D eigenvalue weighted by Crippen LogP contribution is 2.32. The number of fused-ring (bicyclic) bond motifs is 1. The molecule has 0 saturated carbocycles. The van der Waals surface area contributed by atoms with E-state index >= 15 is 0 Å². The highest BCUT2D eigenvalue weighted by atomic mass is 32.1. The normalized spacial score (nSPS) is 16.2. The second kappa shape index (κ2) is 5.76. The molecule has 0 aliphatic carbocycles. The number of amides is 1. The van der Waals surface area contributed by atoms with E-state index in [0.29, 0.717) is 11.1 Å². The van der Waals surface area contributed by atoms with Crippen molar-refractivity contribution in [2.24, 2.45) is 0 Å². The first-order chi connectivity index (χ1) is 11.6. The van der Waals surface area contributed by atoms with Gasteiger partial charge in [0.2, 0.25) is 0 Å². The summed E-state index contributed by atoms with van der Waals surface area (Å²) >= 11 is 1.57. The summed E-state index contributed by atoms with van der Waals surface area (Å²) < 4.78 is 14.6. The Balaban J connectivity index is 1.69. The number of hydrogen-bond acceptors (Lipinski definition) is 3. The molecule has 2 N–H and O–H groups in total. The monoisotopic (exact) mass is 338 g/mol. The zero-order valence-electron chi connectivity index (χ0n) is 13.0. The van der Waals surface area contributed by atoms with Gasteiger partial charge in [-0.25, -0.2) is 4.39 Å². The maximum Gasteiger partial charge on any atom is 0.255 e. The first-order valence-electron chi connectivity index (χ1n) is 7.64. The van der Waals surface area contributed by atoms with Gasteiger partial charge in [0.05, 0.1) is 5.56 Å². The Hall–Kier alpha value is -2.66. The Labute approximate surface area is 143 Å². The molecule has 1 atom stereocenters. The summed E-state index contributed by atoms with van der Waals surface area (Å²) in [4.78, 5) is 13.4. The molecule has 1 amide bonds. The molecule has 4 rings (SSSR count). The molecular formula is C19H15FN2OS. The molecule has 0 spiro atoms. The summed E-state index contributed by atoms with van der Waals surface area (Å²) in [6.45, 7) is 1.89. The van der Waals surface area contributed by atoms with Crippen LogP contribution < -0.4 is 10.6 Å². The van der Waals surface area contributed by atoms with E-state index in [1.807, 2.05) is 48.7 Å². The largest absolute Gasteiger partial charge is 0.361 e. The summed E-state index contributed by atoms with van der Waals surface area (Å²) in [6.07, 6.45) is -0.579. The molecule has 0 unspecified atom stereocenters. The molecule has 0 saturated heterocycles. The Bertz CT molecular complexity index is 921. The third-order valence-electron chi connectivity index (χ3n) is 4.19. The zero-order chi connectivity index (χ0) is 16.7. The number of carbonyl (C=O) groups is 1. The lowest BCUT2D eigenvalue weighted by atomic mass is 10.0. The predicted molar refractivity (Wildman–Crippen MR) is 94.7 cm³/mol. The number of benzene rings is 2. The molecule has 5 heteroatoms. The average molecular weight is 338 g/mol. The minimum absolute atomic E-state index is 0.186. The van der Waals surface area contributed by atoms with Gasteiger partial charge in [-0.15, -0.1) is 11.3 Å². The lowest BCUT2D eigenvalue weighted by Gasteiger charge is -2.29. The van der Waals surface area contributed by atoms with Crippen LogP contribution in [0.1, 0.15) is 27.7 Å². The molecule has 3 nitrogen and oxygen atoms in total. The number of nitrogens with one attached hydrogen (secondary N) is 2. The second-order valence-corrected chi connectivity index (χ2v) is 6.71. The van der Waals surface area contributed by atoms with E-state index in [1.165, 1.54) is 6.07 Å². The van der Waals surface area contributed by atoms with Gasteiger partial charge in [0, 0.05) is 16.1 Å². The lowest BCUT2D eigenvalue weighted by Crippen LogP contribution is -2.39. The number of aryl methyl sites for hydroxylation is 1. The molecular weight excluding hydrogens is 323 g/mol. The van der Waals surface area contributed by atoms with Crippen LogP contribution in [-0.2, 0) is 0 Å². The average Bonchev–Trinajstić information content (AvgIpc) is 3.09. The van der Waals surface area contributed by atoms with Gasteiger partial charge < -0.3 is 10.6 Å². The van der Waals surface area contributed by atoms with E-state index < -0.39 is 6.17 Å². The Morgan fingerprint density at radius 3 is 2.71 bits per heavy atom. The Morgan fingerprint density at radius 1 is 1.08 bits per heavy atom. The van der Waals surface area contributed by atoms with Crippen molar-refractivity contribution < 1.29 is 9.18 Å². The van der Waals surface area contributed by atoms with Crippen LogP contribution in [0, 0.1) is 12.7 Å². The van der Waals surface area contributed by atoms with Crippen molar-refractivity contribution in [2.75, 3.05) is 5.32 Å². The van der Waals surface area contributed by atoms with Gasteiger partial charge in [-0.05, 0) is 41.6 Å². The van der Waals surface area contributed by atoms with E-state index in [9.17, 15) is 9.18 Å². The van der Waals surface area contributed by atoms with Crippen molar-refractivity contribution in [2.45, 2.75) is 13.1 Å². The highest BCUT2D eigenvalue weighted by molar-refractivity contribution is 7.13. The summed E-state index contributed by atoms with van der Waals surface area (Å²) in [6, 6.07) is 14.6. The molecule has 0 radical (unpaired) electrons. The van der Waals surface area contributed by atoms with Crippen LogP contribution in [0.3, 0.4) is 0 Å². The quantitative estimate of drug-likeness (QED) is 0.710. The van der Waals surface area contributed by atoms with Gasteiger partial charge >= 0.3 is 0 Å². The Morgan fingerprint density at radius 2 is 1.96 bits per heavy atom. The number of thiophene rings is 1. The highest BCUT2D eigenvalue weighted by Gasteiger charge is 2.27. The lowest BCUT2D eigenvalue weighted by molar-refractivity contribution is 0.0934. The number of rotatable bonds is 2. The number of carbonyl (C=O) groups excluding carboxylic acids is 1. The van der Waals surface area contributed by atoms with Gasteiger partial charge in [-0.2, -0.15) is 0 Å². The van der Waals surface area contributed by atoms with Crippen LogP contribution in [0.5, 0.6) is 0 Å². The molecule has 2 aromatic carbocycles. The fourth-order valence-electron chi connectivity index (χ4n) is 3.00. The maximum absolute atomic E-state index is 14.6. The minimum Gasteiger partial charge on any atom is -0.361 e. The van der Waals surface area contributed by atoms with Crippen LogP contribution in [0.4, 0.5) is 10.1 Å². The second-order valence-electron chi connectivity index (χ2n) is 5.76. The molecule has 1 aliphatic rings. The molecule has 1 aliphatic heterocycles. The van der Waals surface area contributed by atoms with Crippen LogP contribution in [0.15, 0.2) is 53.9 Å². The topological polar surface area (TPSA) is 41.1 Å². The van der Waals surface area contributed by atoms with Gasteiger partial charge in [0.25, 0.3) is 5.91 Å². The molecule has 3 aromatic rings. The summed E-state index contributed by atoms with van der Waals surface area (Å²) in [7, 11) is 0. The summed E-state index contributed by atoms with van der Waals surface area (Å²) in [5, 5.41) is 8.01. The third kappa shape index (κ3) is 2.47. The Kier molecular flexibility index (Phi) is 3.58. The van der Waals surface area contributed by atoms with Crippen LogP contribution in [0.2, 0.25) is 0 Å². The molecule has 24 heavy (non-hydrogen) atoms. The predicted octanol–water partition coefficient (Wildman–Crippen LogP) is 4.72. The van der Waals surface area contributed by atoms with Gasteiger partial charge in [0.1, 0.15) is 12.0 Å². The van der Waals surface area contributed by atoms with E-state index in [1.54, 1.807) is 17.4 Å². The van der Waals surface area contributed by atoms with Crippen LogP contribution in [-0.4, -0.2) is 5.91 Å². The number of halogens is 1. The molecule has 2 heterocycles. The SMILES string of the molecule is Cc1cccc2c1C(=O)N[C@H](c1ccc(-c3cccs3)cc1F)N2. The van der Waals surface area contributed by atoms with Crippen molar-refractivity contribution >= 4 is 22.9 Å². The number of hydrogen-bond donors (Lipinski definition) is 2. The standard InChI is InChI=1S/C19H15FN2OS/c1-11-4-2-5-15-17(11)19(23)22-18(21-15)13-8-7-12(10-14(13)20)16-6-3-9-24-16/h2-10,18,21H,1H3,(H,22,23)/t18-/m1/s1. The third-order valence-corrected chi connectivity index (χ3v) is 5.11. The van der Waals surface area contributed by atoms with Crippen molar-refractivity contribution in [3.05, 3.63) is 76.4 Å². The molecule has 0 bridgehead atoms. The van der Waals surface area contributed by atoms with Crippen molar-refractivity contribution in [1.82, 2.24) is 5.32 Å². The first kappa shape index (κ1) is 14.9. The summed E-state index contributed by atoms with van der Waals surface area (Å²) in [5.74, 6) is -0.525.